The fourth-order valence-electron chi connectivity index (χ4n) is 4.25. The van der Waals surface area contributed by atoms with E-state index in [2.05, 4.69) is 41.1 Å². The molecular weight excluding hydrogens is 314 g/mol. The van der Waals surface area contributed by atoms with Crippen LogP contribution in [0.25, 0.3) is 0 Å². The second-order valence-electron chi connectivity index (χ2n) is 7.05. The lowest BCUT2D eigenvalue weighted by molar-refractivity contribution is 0.0706. The third-order valence-corrected chi connectivity index (χ3v) is 5.50. The van der Waals surface area contributed by atoms with E-state index in [0.717, 1.165) is 19.6 Å². The number of piperidine rings is 1. The van der Waals surface area contributed by atoms with Crippen LogP contribution in [0.3, 0.4) is 0 Å². The van der Waals surface area contributed by atoms with Crippen LogP contribution in [0, 0.1) is 0 Å². The highest BCUT2D eigenvalue weighted by Crippen LogP contribution is 2.44. The SMILES string of the molecule is CN1CCC2C(C1)c1ccccc1N2Cc1ccc(C(=O)NO)cc1. The van der Waals surface area contributed by atoms with Gasteiger partial charge in [0.15, 0.2) is 0 Å². The number of likely N-dealkylation sites (N-methyl/N-ethyl adjacent to an activating group) is 1. The van der Waals surface area contributed by atoms with Crippen LogP contribution in [0.5, 0.6) is 0 Å². The van der Waals surface area contributed by atoms with Gasteiger partial charge in [-0.15, -0.1) is 0 Å². The molecule has 2 aliphatic heterocycles. The Morgan fingerprint density at radius 1 is 1.20 bits per heavy atom. The van der Waals surface area contributed by atoms with Gasteiger partial charge in [0.05, 0.1) is 0 Å². The van der Waals surface area contributed by atoms with Crippen molar-refractivity contribution >= 4 is 11.6 Å². The number of para-hydroxylation sites is 1. The van der Waals surface area contributed by atoms with Gasteiger partial charge in [0.1, 0.15) is 0 Å². The summed E-state index contributed by atoms with van der Waals surface area (Å²) < 4.78 is 0. The van der Waals surface area contributed by atoms with Crippen molar-refractivity contribution in [3.8, 4) is 0 Å². The Morgan fingerprint density at radius 2 is 1.96 bits per heavy atom. The van der Waals surface area contributed by atoms with Crippen molar-refractivity contribution in [1.29, 1.82) is 0 Å². The lowest BCUT2D eigenvalue weighted by Gasteiger charge is -2.37. The number of nitrogens with zero attached hydrogens (tertiary/aromatic N) is 2. The Hall–Kier alpha value is -2.37. The molecule has 0 spiro atoms. The minimum absolute atomic E-state index is 0.463. The predicted octanol–water partition coefficient (Wildman–Crippen LogP) is 2.61. The number of nitrogens with one attached hydrogen (secondary N) is 1. The van der Waals surface area contributed by atoms with E-state index in [1.165, 1.54) is 23.2 Å². The summed E-state index contributed by atoms with van der Waals surface area (Å²) in [5, 5.41) is 8.74. The van der Waals surface area contributed by atoms with Gasteiger partial charge in [-0.2, -0.15) is 0 Å². The van der Waals surface area contributed by atoms with Crippen molar-refractivity contribution in [2.24, 2.45) is 0 Å². The Balaban J connectivity index is 1.60. The molecule has 0 bridgehead atoms. The number of likely N-dealkylation sites (tertiary alicyclic amines) is 1. The topological polar surface area (TPSA) is 55.8 Å². The van der Waals surface area contributed by atoms with Crippen molar-refractivity contribution in [2.75, 3.05) is 25.0 Å². The normalized spacial score (nSPS) is 22.4. The van der Waals surface area contributed by atoms with Crippen molar-refractivity contribution < 1.29 is 10.0 Å². The Labute approximate surface area is 147 Å². The first kappa shape index (κ1) is 16.1. The molecule has 2 aromatic carbocycles. The predicted molar refractivity (Wildman–Crippen MR) is 97.0 cm³/mol. The molecule has 2 atom stereocenters. The smallest absolute Gasteiger partial charge is 0.274 e. The van der Waals surface area contributed by atoms with Gasteiger partial charge in [-0.3, -0.25) is 10.0 Å². The molecule has 5 nitrogen and oxygen atoms in total. The zero-order valence-corrected chi connectivity index (χ0v) is 14.4. The molecule has 25 heavy (non-hydrogen) atoms. The van der Waals surface area contributed by atoms with Crippen LogP contribution < -0.4 is 10.4 Å². The van der Waals surface area contributed by atoms with E-state index in [0.29, 0.717) is 17.5 Å². The molecule has 0 radical (unpaired) electrons. The first-order valence-electron chi connectivity index (χ1n) is 8.75. The van der Waals surface area contributed by atoms with E-state index in [1.807, 2.05) is 12.1 Å². The lowest BCUT2D eigenvalue weighted by Crippen LogP contribution is -2.44. The maximum absolute atomic E-state index is 11.5. The first-order valence-corrected chi connectivity index (χ1v) is 8.75. The van der Waals surface area contributed by atoms with Gasteiger partial charge in [-0.05, 0) is 49.3 Å². The minimum atomic E-state index is -0.478. The second-order valence-corrected chi connectivity index (χ2v) is 7.05. The summed E-state index contributed by atoms with van der Waals surface area (Å²) in [6, 6.07) is 16.7. The van der Waals surface area contributed by atoms with Crippen molar-refractivity contribution in [3.63, 3.8) is 0 Å². The van der Waals surface area contributed by atoms with Gasteiger partial charge >= 0.3 is 0 Å². The molecule has 2 aliphatic rings. The molecule has 0 aromatic heterocycles. The number of carbonyl (C=O) groups excluding carboxylic acids is 1. The highest BCUT2D eigenvalue weighted by atomic mass is 16.5. The molecule has 5 heteroatoms. The van der Waals surface area contributed by atoms with Gasteiger partial charge in [-0.1, -0.05) is 30.3 Å². The van der Waals surface area contributed by atoms with Crippen molar-refractivity contribution in [1.82, 2.24) is 10.4 Å². The summed E-state index contributed by atoms with van der Waals surface area (Å²) >= 11 is 0. The number of fused-ring (bicyclic) bond motifs is 3. The molecule has 0 saturated carbocycles. The summed E-state index contributed by atoms with van der Waals surface area (Å²) in [5.74, 6) is 0.0860. The molecular formula is C20H23N3O2. The zero-order chi connectivity index (χ0) is 17.4. The van der Waals surface area contributed by atoms with E-state index in [1.54, 1.807) is 17.6 Å². The monoisotopic (exact) mass is 337 g/mol. The van der Waals surface area contributed by atoms with Crippen LogP contribution in [0.4, 0.5) is 5.69 Å². The maximum atomic E-state index is 11.5. The number of amides is 1. The van der Waals surface area contributed by atoms with Crippen molar-refractivity contribution in [2.45, 2.75) is 24.9 Å². The van der Waals surface area contributed by atoms with E-state index in [4.69, 9.17) is 5.21 Å². The fourth-order valence-corrected chi connectivity index (χ4v) is 4.25. The first-order chi connectivity index (χ1) is 12.2. The zero-order valence-electron chi connectivity index (χ0n) is 14.4. The Morgan fingerprint density at radius 3 is 2.72 bits per heavy atom. The number of carbonyl (C=O) groups is 1. The highest BCUT2D eigenvalue weighted by molar-refractivity contribution is 5.93. The fraction of sp³-hybridized carbons (Fsp3) is 0.350. The van der Waals surface area contributed by atoms with Gasteiger partial charge in [0.25, 0.3) is 5.91 Å². The third kappa shape index (κ3) is 2.90. The van der Waals surface area contributed by atoms with Gasteiger partial charge in [0, 0.05) is 36.3 Å². The Bertz CT molecular complexity index is 775. The van der Waals surface area contributed by atoms with Crippen LogP contribution in [-0.4, -0.2) is 42.2 Å². The van der Waals surface area contributed by atoms with E-state index >= 15 is 0 Å². The molecule has 0 aliphatic carbocycles. The quantitative estimate of drug-likeness (QED) is 0.668. The highest BCUT2D eigenvalue weighted by Gasteiger charge is 2.40. The van der Waals surface area contributed by atoms with Crippen LogP contribution >= 0.6 is 0 Å². The van der Waals surface area contributed by atoms with Gasteiger partial charge < -0.3 is 9.80 Å². The van der Waals surface area contributed by atoms with Crippen LogP contribution in [0.15, 0.2) is 48.5 Å². The average molecular weight is 337 g/mol. The third-order valence-electron chi connectivity index (χ3n) is 5.50. The lowest BCUT2D eigenvalue weighted by atomic mass is 9.89. The van der Waals surface area contributed by atoms with E-state index in [9.17, 15) is 4.79 Å². The van der Waals surface area contributed by atoms with Gasteiger partial charge in [0.2, 0.25) is 0 Å². The molecule has 2 heterocycles. The van der Waals surface area contributed by atoms with E-state index < -0.39 is 5.91 Å². The second kappa shape index (κ2) is 6.50. The summed E-state index contributed by atoms with van der Waals surface area (Å²) in [5.41, 5.74) is 6.10. The maximum Gasteiger partial charge on any atom is 0.274 e. The minimum Gasteiger partial charge on any atom is -0.363 e. The van der Waals surface area contributed by atoms with Crippen LogP contribution in [0.1, 0.15) is 33.8 Å². The van der Waals surface area contributed by atoms with Gasteiger partial charge in [-0.25, -0.2) is 5.48 Å². The molecule has 1 fully saturated rings. The number of rotatable bonds is 3. The number of benzene rings is 2. The number of anilines is 1. The standard InChI is InChI=1S/C20H23N3O2/c1-22-11-10-19-17(13-22)16-4-2-3-5-18(16)23(19)12-14-6-8-15(9-7-14)20(24)21-25/h2-9,17,19,25H,10-13H2,1H3,(H,21,24). The molecule has 2 N–H and O–H groups in total. The number of hydrogen-bond donors (Lipinski definition) is 2. The largest absolute Gasteiger partial charge is 0.363 e. The molecule has 1 saturated heterocycles. The molecule has 4 rings (SSSR count). The summed E-state index contributed by atoms with van der Waals surface area (Å²) in [7, 11) is 2.20. The molecule has 2 aromatic rings. The summed E-state index contributed by atoms with van der Waals surface area (Å²) in [4.78, 5) is 16.4. The molecule has 1 amide bonds. The summed E-state index contributed by atoms with van der Waals surface area (Å²) in [6.45, 7) is 3.07. The van der Waals surface area contributed by atoms with Crippen LogP contribution in [-0.2, 0) is 6.54 Å². The van der Waals surface area contributed by atoms with E-state index in [-0.39, 0.29) is 0 Å². The average Bonchev–Trinajstić information content (AvgIpc) is 2.95. The molecule has 2 unspecified atom stereocenters. The Kier molecular flexibility index (Phi) is 4.19. The number of hydrogen-bond acceptors (Lipinski definition) is 4. The molecule has 130 valence electrons. The van der Waals surface area contributed by atoms with Crippen LogP contribution in [0.2, 0.25) is 0 Å². The number of hydroxylamine groups is 1. The summed E-state index contributed by atoms with van der Waals surface area (Å²) in [6.07, 6.45) is 1.17. The van der Waals surface area contributed by atoms with Crippen molar-refractivity contribution in [3.05, 3.63) is 65.2 Å².